The minimum Gasteiger partial charge on any atom is -0.354 e. The van der Waals surface area contributed by atoms with E-state index in [1.165, 1.54) is 11.3 Å². The minimum absolute atomic E-state index is 0.0176. The summed E-state index contributed by atoms with van der Waals surface area (Å²) in [6, 6.07) is 5.25. The summed E-state index contributed by atoms with van der Waals surface area (Å²) in [7, 11) is 0. The molecule has 1 atom stereocenters. The quantitative estimate of drug-likeness (QED) is 0.888. The number of benzene rings is 1. The number of rotatable bonds is 5. The summed E-state index contributed by atoms with van der Waals surface area (Å²) in [6.07, 6.45) is 0. The fraction of sp³-hybridized carbons (Fsp3) is 0.429. The maximum Gasteiger partial charge on any atom is 0.242 e. The van der Waals surface area contributed by atoms with Crippen molar-refractivity contribution in [2.24, 2.45) is 5.92 Å². The zero-order valence-corrected chi connectivity index (χ0v) is 13.3. The highest BCUT2D eigenvalue weighted by Crippen LogP contribution is 2.28. The number of halogens is 1. The third kappa shape index (κ3) is 3.84. The van der Waals surface area contributed by atoms with Gasteiger partial charge in [-0.1, -0.05) is 36.8 Å². The Morgan fingerprint density at radius 1 is 1.40 bits per heavy atom. The molecule has 0 saturated carbocycles. The number of fused-ring (bicyclic) bond motifs is 1. The number of carbonyl (C=O) groups excluding carboxylic acids is 1. The van der Waals surface area contributed by atoms with Crippen LogP contribution in [-0.4, -0.2) is 23.5 Å². The molecule has 0 bridgehead atoms. The fourth-order valence-corrected chi connectivity index (χ4v) is 2.90. The molecule has 1 amide bonds. The van der Waals surface area contributed by atoms with E-state index in [0.717, 1.165) is 15.3 Å². The van der Waals surface area contributed by atoms with Gasteiger partial charge in [0, 0.05) is 11.6 Å². The molecule has 2 N–H and O–H groups in total. The maximum atomic E-state index is 11.9. The van der Waals surface area contributed by atoms with Crippen LogP contribution in [0.2, 0.25) is 5.02 Å². The summed E-state index contributed by atoms with van der Waals surface area (Å²) in [5, 5.41) is 7.45. The predicted octanol–water partition coefficient (Wildman–Crippen LogP) is 3.52. The van der Waals surface area contributed by atoms with E-state index in [9.17, 15) is 4.79 Å². The van der Waals surface area contributed by atoms with Crippen molar-refractivity contribution in [3.05, 3.63) is 23.2 Å². The summed E-state index contributed by atoms with van der Waals surface area (Å²) in [4.78, 5) is 16.3. The molecule has 0 aliphatic heterocycles. The molecular formula is C14H18ClN3OS. The highest BCUT2D eigenvalue weighted by molar-refractivity contribution is 7.22. The number of nitrogens with one attached hydrogen (secondary N) is 2. The van der Waals surface area contributed by atoms with Gasteiger partial charge in [0.2, 0.25) is 5.91 Å². The van der Waals surface area contributed by atoms with Crippen molar-refractivity contribution in [3.8, 4) is 0 Å². The van der Waals surface area contributed by atoms with E-state index in [2.05, 4.69) is 29.5 Å². The van der Waals surface area contributed by atoms with Gasteiger partial charge in [0.15, 0.2) is 5.13 Å². The van der Waals surface area contributed by atoms with Gasteiger partial charge in [0.05, 0.1) is 10.2 Å². The Morgan fingerprint density at radius 3 is 2.85 bits per heavy atom. The van der Waals surface area contributed by atoms with Crippen molar-refractivity contribution in [2.45, 2.75) is 26.8 Å². The van der Waals surface area contributed by atoms with Gasteiger partial charge in [0.1, 0.15) is 6.04 Å². The van der Waals surface area contributed by atoms with Crippen molar-refractivity contribution in [1.82, 2.24) is 10.3 Å². The van der Waals surface area contributed by atoms with E-state index in [1.54, 1.807) is 0 Å². The fourth-order valence-electron chi connectivity index (χ4n) is 1.67. The first-order chi connectivity index (χ1) is 9.45. The van der Waals surface area contributed by atoms with E-state index in [0.29, 0.717) is 17.5 Å². The highest BCUT2D eigenvalue weighted by atomic mass is 35.5. The van der Waals surface area contributed by atoms with Gasteiger partial charge in [-0.05, 0) is 31.0 Å². The molecule has 1 heterocycles. The Hall–Kier alpha value is -1.33. The molecule has 4 nitrogen and oxygen atoms in total. The van der Waals surface area contributed by atoms with E-state index in [-0.39, 0.29) is 11.9 Å². The van der Waals surface area contributed by atoms with Gasteiger partial charge < -0.3 is 10.6 Å². The van der Waals surface area contributed by atoms with Crippen molar-refractivity contribution < 1.29 is 4.79 Å². The normalized spacial score (nSPS) is 12.7. The van der Waals surface area contributed by atoms with Crippen molar-refractivity contribution in [3.63, 3.8) is 0 Å². The molecule has 2 rings (SSSR count). The predicted molar refractivity (Wildman–Crippen MR) is 85.6 cm³/mol. The second-order valence-corrected chi connectivity index (χ2v) is 6.60. The van der Waals surface area contributed by atoms with Crippen LogP contribution in [0.15, 0.2) is 18.2 Å². The summed E-state index contributed by atoms with van der Waals surface area (Å²) in [6.45, 7) is 6.64. The van der Waals surface area contributed by atoms with Crippen LogP contribution in [-0.2, 0) is 4.79 Å². The first-order valence-electron chi connectivity index (χ1n) is 6.56. The molecular weight excluding hydrogens is 294 g/mol. The van der Waals surface area contributed by atoms with E-state index >= 15 is 0 Å². The molecule has 0 fully saturated rings. The second-order valence-electron chi connectivity index (χ2n) is 5.14. The standard InChI is InChI=1S/C14H18ClN3OS/c1-8(2)7-16-13(19)9(3)17-14-18-11-5-4-10(15)6-12(11)20-14/h4-6,8-9H,7H2,1-3H3,(H,16,19)(H,17,18). The number of hydrogen-bond donors (Lipinski definition) is 2. The zero-order valence-electron chi connectivity index (χ0n) is 11.7. The molecule has 0 radical (unpaired) electrons. The minimum atomic E-state index is -0.315. The van der Waals surface area contributed by atoms with Gasteiger partial charge in [0.25, 0.3) is 0 Å². The lowest BCUT2D eigenvalue weighted by Gasteiger charge is -2.14. The summed E-state index contributed by atoms with van der Waals surface area (Å²) in [5.41, 5.74) is 0.886. The third-order valence-corrected chi connectivity index (χ3v) is 3.95. The SMILES string of the molecule is CC(C)CNC(=O)C(C)Nc1nc2ccc(Cl)cc2s1. The lowest BCUT2D eigenvalue weighted by atomic mass is 10.2. The monoisotopic (exact) mass is 311 g/mol. The Balaban J connectivity index is 2.02. The Bertz CT molecular complexity index is 611. The molecule has 108 valence electrons. The third-order valence-electron chi connectivity index (χ3n) is 2.77. The summed E-state index contributed by atoms with van der Waals surface area (Å²) < 4.78 is 1.01. The first-order valence-corrected chi connectivity index (χ1v) is 7.75. The van der Waals surface area contributed by atoms with Crippen molar-refractivity contribution in [2.75, 3.05) is 11.9 Å². The first kappa shape index (κ1) is 15.1. The van der Waals surface area contributed by atoms with Crippen LogP contribution < -0.4 is 10.6 Å². The van der Waals surface area contributed by atoms with Crippen LogP contribution in [0, 0.1) is 5.92 Å². The Morgan fingerprint density at radius 2 is 2.15 bits per heavy atom. The van der Waals surface area contributed by atoms with Crippen LogP contribution in [0.1, 0.15) is 20.8 Å². The van der Waals surface area contributed by atoms with Crippen molar-refractivity contribution in [1.29, 1.82) is 0 Å². The van der Waals surface area contributed by atoms with E-state index < -0.39 is 0 Å². The number of anilines is 1. The van der Waals surface area contributed by atoms with Gasteiger partial charge >= 0.3 is 0 Å². The van der Waals surface area contributed by atoms with Gasteiger partial charge in [-0.25, -0.2) is 4.98 Å². The van der Waals surface area contributed by atoms with Crippen LogP contribution in [0.25, 0.3) is 10.2 Å². The molecule has 1 aromatic carbocycles. The largest absolute Gasteiger partial charge is 0.354 e. The molecule has 1 unspecified atom stereocenters. The van der Waals surface area contributed by atoms with Gasteiger partial charge in [-0.3, -0.25) is 4.79 Å². The lowest BCUT2D eigenvalue weighted by Crippen LogP contribution is -2.39. The van der Waals surface area contributed by atoms with Crippen LogP contribution in [0.5, 0.6) is 0 Å². The molecule has 20 heavy (non-hydrogen) atoms. The zero-order chi connectivity index (χ0) is 14.7. The number of aromatic nitrogens is 1. The van der Waals surface area contributed by atoms with Crippen LogP contribution in [0.4, 0.5) is 5.13 Å². The molecule has 0 aliphatic carbocycles. The molecule has 0 spiro atoms. The lowest BCUT2D eigenvalue weighted by molar-refractivity contribution is -0.121. The average molecular weight is 312 g/mol. The Kier molecular flexibility index (Phi) is 4.83. The van der Waals surface area contributed by atoms with E-state index in [4.69, 9.17) is 11.6 Å². The summed E-state index contributed by atoms with van der Waals surface area (Å²) >= 11 is 7.44. The molecule has 2 aromatic rings. The highest BCUT2D eigenvalue weighted by Gasteiger charge is 2.14. The smallest absolute Gasteiger partial charge is 0.242 e. The number of nitrogens with zero attached hydrogens (tertiary/aromatic N) is 1. The van der Waals surface area contributed by atoms with Gasteiger partial charge in [-0.2, -0.15) is 0 Å². The number of carbonyl (C=O) groups is 1. The van der Waals surface area contributed by atoms with Crippen molar-refractivity contribution >= 4 is 44.2 Å². The topological polar surface area (TPSA) is 54.0 Å². The average Bonchev–Trinajstić information content (AvgIpc) is 2.76. The van der Waals surface area contributed by atoms with Crippen LogP contribution in [0.3, 0.4) is 0 Å². The molecule has 0 saturated heterocycles. The maximum absolute atomic E-state index is 11.9. The number of amides is 1. The molecule has 1 aromatic heterocycles. The second kappa shape index (κ2) is 6.41. The number of thiazole rings is 1. The van der Waals surface area contributed by atoms with Gasteiger partial charge in [-0.15, -0.1) is 0 Å². The Labute approximate surface area is 127 Å². The van der Waals surface area contributed by atoms with Crippen LogP contribution >= 0.6 is 22.9 Å². The molecule has 6 heteroatoms. The number of hydrogen-bond acceptors (Lipinski definition) is 4. The van der Waals surface area contributed by atoms with E-state index in [1.807, 2.05) is 25.1 Å². The molecule has 0 aliphatic rings. The summed E-state index contributed by atoms with van der Waals surface area (Å²) in [5.74, 6) is 0.423.